The first kappa shape index (κ1) is 18.5. The maximum atomic E-state index is 13.6. The van der Waals surface area contributed by atoms with E-state index < -0.39 is 5.82 Å². The van der Waals surface area contributed by atoms with Gasteiger partial charge in [0.25, 0.3) is 0 Å². The second-order valence-corrected chi connectivity index (χ2v) is 5.34. The summed E-state index contributed by atoms with van der Waals surface area (Å²) in [6, 6.07) is 9.75. The molecule has 7 heteroatoms. The van der Waals surface area contributed by atoms with E-state index in [1.54, 1.807) is 24.5 Å². The van der Waals surface area contributed by atoms with Crippen LogP contribution in [0.1, 0.15) is 23.0 Å². The Bertz CT molecular complexity index is 903. The van der Waals surface area contributed by atoms with E-state index in [0.717, 1.165) is 11.3 Å². The van der Waals surface area contributed by atoms with E-state index in [-0.39, 0.29) is 23.8 Å². The lowest BCUT2D eigenvalue weighted by Crippen LogP contribution is -2.02. The number of rotatable bonds is 4. The summed E-state index contributed by atoms with van der Waals surface area (Å²) in [5.74, 6) is 0.232. The van der Waals surface area contributed by atoms with Gasteiger partial charge in [0.1, 0.15) is 11.6 Å². The van der Waals surface area contributed by atoms with Gasteiger partial charge in [0.15, 0.2) is 11.6 Å². The molecular formula is C18H16ClFN4O. The zero-order valence-electron chi connectivity index (χ0n) is 13.7. The Morgan fingerprint density at radius 1 is 1.16 bits per heavy atom. The highest BCUT2D eigenvalue weighted by atomic mass is 35.5. The fourth-order valence-electron chi connectivity index (χ4n) is 2.28. The minimum Gasteiger partial charge on any atom is -0.340 e. The summed E-state index contributed by atoms with van der Waals surface area (Å²) in [5.41, 5.74) is 2.20. The average molecular weight is 359 g/mol. The van der Waals surface area contributed by atoms with Crippen LogP contribution in [0.4, 0.5) is 15.9 Å². The van der Waals surface area contributed by atoms with Crippen LogP contribution in [0, 0.1) is 12.7 Å². The van der Waals surface area contributed by atoms with Gasteiger partial charge in [-0.3, -0.25) is 9.78 Å². The first-order valence-electron chi connectivity index (χ1n) is 7.36. The van der Waals surface area contributed by atoms with Crippen LogP contribution in [0.2, 0.25) is 0 Å². The molecule has 3 rings (SSSR count). The zero-order valence-corrected chi connectivity index (χ0v) is 14.5. The van der Waals surface area contributed by atoms with Crippen molar-refractivity contribution in [2.24, 2.45) is 0 Å². The standard InChI is InChI=1S/C18H15FN4O.ClH/c1-11-8-17(23-18(21-11)13-4-3-7-20-10-13)22-14-5-6-16(19)15(9-14)12(2)24;/h3-10H,1-2H3,(H,21,22,23);1H. The van der Waals surface area contributed by atoms with Gasteiger partial charge in [-0.2, -0.15) is 0 Å². The fraction of sp³-hybridized carbons (Fsp3) is 0.111. The monoisotopic (exact) mass is 358 g/mol. The predicted molar refractivity (Wildman–Crippen MR) is 96.9 cm³/mol. The fourth-order valence-corrected chi connectivity index (χ4v) is 2.28. The Balaban J connectivity index is 0.00000225. The number of carbonyl (C=O) groups excluding carboxylic acids is 1. The maximum absolute atomic E-state index is 13.6. The minimum atomic E-state index is -0.539. The van der Waals surface area contributed by atoms with Crippen molar-refractivity contribution >= 4 is 29.7 Å². The van der Waals surface area contributed by atoms with Crippen LogP contribution in [0.15, 0.2) is 48.8 Å². The van der Waals surface area contributed by atoms with Crippen molar-refractivity contribution in [2.45, 2.75) is 13.8 Å². The molecule has 0 aliphatic carbocycles. The number of Topliss-reactive ketones (excluding diaryl/α,β-unsaturated/α-hetero) is 1. The molecule has 5 nitrogen and oxygen atoms in total. The summed E-state index contributed by atoms with van der Waals surface area (Å²) in [6.07, 6.45) is 3.37. The van der Waals surface area contributed by atoms with Crippen molar-refractivity contribution in [3.05, 3.63) is 65.9 Å². The Labute approximate surface area is 150 Å². The van der Waals surface area contributed by atoms with Gasteiger partial charge in [0, 0.05) is 35.4 Å². The number of carbonyl (C=O) groups is 1. The molecule has 1 N–H and O–H groups in total. The molecule has 0 bridgehead atoms. The maximum Gasteiger partial charge on any atom is 0.163 e. The van der Waals surface area contributed by atoms with Crippen LogP contribution in [0.3, 0.4) is 0 Å². The van der Waals surface area contributed by atoms with E-state index in [1.807, 2.05) is 19.1 Å². The summed E-state index contributed by atoms with van der Waals surface area (Å²) in [7, 11) is 0. The van der Waals surface area contributed by atoms with E-state index in [0.29, 0.717) is 17.3 Å². The molecule has 0 saturated heterocycles. The number of nitrogens with one attached hydrogen (secondary N) is 1. The molecule has 25 heavy (non-hydrogen) atoms. The van der Waals surface area contributed by atoms with Gasteiger partial charge < -0.3 is 5.32 Å². The van der Waals surface area contributed by atoms with Crippen molar-refractivity contribution in [1.82, 2.24) is 15.0 Å². The molecule has 0 atom stereocenters. The van der Waals surface area contributed by atoms with Gasteiger partial charge in [-0.15, -0.1) is 12.4 Å². The molecule has 1 aromatic carbocycles. The van der Waals surface area contributed by atoms with Gasteiger partial charge in [-0.25, -0.2) is 14.4 Å². The van der Waals surface area contributed by atoms with Crippen LogP contribution < -0.4 is 5.32 Å². The number of aromatic nitrogens is 3. The number of ketones is 1. The average Bonchev–Trinajstić information content (AvgIpc) is 2.56. The molecule has 2 heterocycles. The van der Waals surface area contributed by atoms with Gasteiger partial charge in [0.05, 0.1) is 5.56 Å². The van der Waals surface area contributed by atoms with E-state index >= 15 is 0 Å². The number of pyridine rings is 1. The summed E-state index contributed by atoms with van der Waals surface area (Å²) in [6.45, 7) is 3.19. The molecular weight excluding hydrogens is 343 g/mol. The predicted octanol–water partition coefficient (Wildman–Crippen LogP) is 4.35. The highest BCUT2D eigenvalue weighted by Gasteiger charge is 2.10. The van der Waals surface area contributed by atoms with E-state index in [2.05, 4.69) is 20.3 Å². The highest BCUT2D eigenvalue weighted by molar-refractivity contribution is 5.95. The van der Waals surface area contributed by atoms with E-state index in [4.69, 9.17) is 0 Å². The number of aryl methyl sites for hydroxylation is 1. The molecule has 0 unspecified atom stereocenters. The first-order chi connectivity index (χ1) is 11.5. The molecule has 0 spiro atoms. The van der Waals surface area contributed by atoms with Gasteiger partial charge in [-0.1, -0.05) is 0 Å². The largest absolute Gasteiger partial charge is 0.340 e. The molecule has 2 aromatic heterocycles. The highest BCUT2D eigenvalue weighted by Crippen LogP contribution is 2.22. The van der Waals surface area contributed by atoms with Gasteiger partial charge in [0.2, 0.25) is 0 Å². The third-order valence-corrected chi connectivity index (χ3v) is 3.39. The van der Waals surface area contributed by atoms with Crippen molar-refractivity contribution in [3.8, 4) is 11.4 Å². The van der Waals surface area contributed by atoms with Crippen LogP contribution >= 0.6 is 12.4 Å². The summed E-state index contributed by atoms with van der Waals surface area (Å²) in [4.78, 5) is 24.4. The molecule has 0 amide bonds. The molecule has 0 aliphatic rings. The number of hydrogen-bond acceptors (Lipinski definition) is 5. The van der Waals surface area contributed by atoms with Gasteiger partial charge in [-0.05, 0) is 44.2 Å². The van der Waals surface area contributed by atoms with Gasteiger partial charge >= 0.3 is 0 Å². The normalized spacial score (nSPS) is 10.0. The third-order valence-electron chi connectivity index (χ3n) is 3.39. The molecule has 0 aliphatic heterocycles. The van der Waals surface area contributed by atoms with Crippen LogP contribution in [-0.4, -0.2) is 20.7 Å². The van der Waals surface area contributed by atoms with Crippen molar-refractivity contribution in [2.75, 3.05) is 5.32 Å². The second kappa shape index (κ2) is 7.81. The quantitative estimate of drug-likeness (QED) is 0.702. The number of nitrogens with zero attached hydrogens (tertiary/aromatic N) is 3. The summed E-state index contributed by atoms with van der Waals surface area (Å²) >= 11 is 0. The summed E-state index contributed by atoms with van der Waals surface area (Å²) < 4.78 is 13.6. The Hall–Kier alpha value is -2.86. The topological polar surface area (TPSA) is 67.8 Å². The van der Waals surface area contributed by atoms with E-state index in [1.165, 1.54) is 19.1 Å². The Morgan fingerprint density at radius 2 is 1.96 bits per heavy atom. The number of halogens is 2. The van der Waals surface area contributed by atoms with Crippen LogP contribution in [-0.2, 0) is 0 Å². The van der Waals surface area contributed by atoms with Crippen molar-refractivity contribution in [3.63, 3.8) is 0 Å². The van der Waals surface area contributed by atoms with Crippen LogP contribution in [0.25, 0.3) is 11.4 Å². The minimum absolute atomic E-state index is 0. The SMILES string of the molecule is CC(=O)c1cc(Nc2cc(C)nc(-c3cccnc3)n2)ccc1F.Cl. The molecule has 3 aromatic rings. The lowest BCUT2D eigenvalue weighted by atomic mass is 10.1. The molecule has 0 saturated carbocycles. The lowest BCUT2D eigenvalue weighted by molar-refractivity contribution is 0.101. The van der Waals surface area contributed by atoms with Crippen molar-refractivity contribution < 1.29 is 9.18 Å². The zero-order chi connectivity index (χ0) is 17.1. The Morgan fingerprint density at radius 3 is 2.64 bits per heavy atom. The van der Waals surface area contributed by atoms with E-state index in [9.17, 15) is 9.18 Å². The molecule has 0 fully saturated rings. The molecule has 128 valence electrons. The Kier molecular flexibility index (Phi) is 5.77. The third kappa shape index (κ3) is 4.36. The number of hydrogen-bond donors (Lipinski definition) is 1. The smallest absolute Gasteiger partial charge is 0.163 e. The summed E-state index contributed by atoms with van der Waals surface area (Å²) in [5, 5.41) is 3.09. The molecule has 0 radical (unpaired) electrons. The first-order valence-corrected chi connectivity index (χ1v) is 7.36. The second-order valence-electron chi connectivity index (χ2n) is 5.34. The van der Waals surface area contributed by atoms with Crippen LogP contribution in [0.5, 0.6) is 0 Å². The van der Waals surface area contributed by atoms with Crippen molar-refractivity contribution in [1.29, 1.82) is 0 Å². The number of anilines is 2. The lowest BCUT2D eigenvalue weighted by Gasteiger charge is -2.10. The number of benzene rings is 1.